The Hall–Kier alpha value is -0.830. The molecule has 3 nitrogen and oxygen atoms in total. The first-order chi connectivity index (χ1) is 13.7. The molecule has 1 saturated heterocycles. The van der Waals surface area contributed by atoms with Gasteiger partial charge in [0.15, 0.2) is 0 Å². The van der Waals surface area contributed by atoms with Crippen LogP contribution < -0.4 is 0 Å². The molecule has 0 spiro atoms. The molecule has 1 aromatic heterocycles. The topological polar surface area (TPSA) is 21.1 Å². The highest BCUT2D eigenvalue weighted by Crippen LogP contribution is 2.27. The van der Waals surface area contributed by atoms with E-state index in [2.05, 4.69) is 49.7 Å². The third-order valence-electron chi connectivity index (χ3n) is 6.79. The zero-order valence-electron chi connectivity index (χ0n) is 19.3. The van der Waals surface area contributed by atoms with Gasteiger partial charge in [0.1, 0.15) is 0 Å². The largest absolute Gasteiger partial charge is 0.303 e. The van der Waals surface area contributed by atoms with Crippen LogP contribution in [0.1, 0.15) is 122 Å². The van der Waals surface area contributed by atoms with Crippen LogP contribution in [-0.4, -0.2) is 34.3 Å². The fraction of sp³-hybridized carbons (Fsp3) is 0.880. The minimum atomic E-state index is 0.609. The van der Waals surface area contributed by atoms with Crippen LogP contribution in [0.25, 0.3) is 0 Å². The van der Waals surface area contributed by atoms with Crippen LogP contribution in [0.3, 0.4) is 0 Å². The smallest absolute Gasteiger partial charge is 0.0543 e. The van der Waals surface area contributed by atoms with Gasteiger partial charge in [-0.3, -0.25) is 4.68 Å². The van der Waals surface area contributed by atoms with E-state index in [1.807, 2.05) is 0 Å². The van der Waals surface area contributed by atoms with Crippen molar-refractivity contribution in [2.24, 2.45) is 5.92 Å². The number of aromatic nitrogens is 2. The lowest BCUT2D eigenvalue weighted by atomic mass is 9.94. The SMILES string of the molecule is CCCCCCC(CCC)CN1CCC(n2cc(C(C)CCCC)cn2)CC1. The van der Waals surface area contributed by atoms with Gasteiger partial charge in [-0.15, -0.1) is 0 Å². The van der Waals surface area contributed by atoms with E-state index in [1.54, 1.807) is 0 Å². The molecule has 0 radical (unpaired) electrons. The number of rotatable bonds is 14. The molecule has 2 rings (SSSR count). The molecular formula is C25H47N3. The second kappa shape index (κ2) is 13.4. The molecule has 2 heterocycles. The summed E-state index contributed by atoms with van der Waals surface area (Å²) in [6, 6.07) is 0.609. The van der Waals surface area contributed by atoms with Crippen LogP contribution in [0.5, 0.6) is 0 Å². The molecule has 0 bridgehead atoms. The van der Waals surface area contributed by atoms with Crippen molar-refractivity contribution in [1.82, 2.24) is 14.7 Å². The summed E-state index contributed by atoms with van der Waals surface area (Å²) < 4.78 is 2.28. The van der Waals surface area contributed by atoms with E-state index in [0.717, 1.165) is 5.92 Å². The van der Waals surface area contributed by atoms with Crippen LogP contribution in [0.15, 0.2) is 12.4 Å². The van der Waals surface area contributed by atoms with Gasteiger partial charge in [-0.1, -0.05) is 72.6 Å². The van der Waals surface area contributed by atoms with Crippen molar-refractivity contribution in [3.05, 3.63) is 18.0 Å². The molecule has 0 aromatic carbocycles. The second-order valence-corrected chi connectivity index (χ2v) is 9.33. The van der Waals surface area contributed by atoms with Gasteiger partial charge in [0.2, 0.25) is 0 Å². The molecule has 0 amide bonds. The van der Waals surface area contributed by atoms with Crippen molar-refractivity contribution >= 4 is 0 Å². The highest BCUT2D eigenvalue weighted by atomic mass is 15.3. The van der Waals surface area contributed by atoms with E-state index in [4.69, 9.17) is 5.10 Å². The van der Waals surface area contributed by atoms with Crippen LogP contribution in [-0.2, 0) is 0 Å². The lowest BCUT2D eigenvalue weighted by Gasteiger charge is -2.34. The molecule has 0 saturated carbocycles. The van der Waals surface area contributed by atoms with Crippen molar-refractivity contribution in [3.63, 3.8) is 0 Å². The number of unbranched alkanes of at least 4 members (excludes halogenated alkanes) is 4. The molecule has 3 heteroatoms. The van der Waals surface area contributed by atoms with Crippen LogP contribution >= 0.6 is 0 Å². The predicted molar refractivity (Wildman–Crippen MR) is 122 cm³/mol. The van der Waals surface area contributed by atoms with Crippen LogP contribution in [0, 0.1) is 5.92 Å². The normalized spacial score (nSPS) is 18.4. The van der Waals surface area contributed by atoms with E-state index in [9.17, 15) is 0 Å². The van der Waals surface area contributed by atoms with Crippen molar-refractivity contribution in [2.75, 3.05) is 19.6 Å². The summed E-state index contributed by atoms with van der Waals surface area (Å²) in [5.74, 6) is 1.56. The summed E-state index contributed by atoms with van der Waals surface area (Å²) in [6.07, 6.45) is 20.7. The van der Waals surface area contributed by atoms with Gasteiger partial charge in [0.05, 0.1) is 12.2 Å². The summed E-state index contributed by atoms with van der Waals surface area (Å²) in [6.45, 7) is 13.1. The summed E-state index contributed by atoms with van der Waals surface area (Å²) in [5.41, 5.74) is 1.44. The van der Waals surface area contributed by atoms with Gasteiger partial charge >= 0.3 is 0 Å². The van der Waals surface area contributed by atoms with Crippen molar-refractivity contribution in [1.29, 1.82) is 0 Å². The summed E-state index contributed by atoms with van der Waals surface area (Å²) in [7, 11) is 0. The zero-order chi connectivity index (χ0) is 20.2. The Labute approximate surface area is 175 Å². The molecule has 1 aliphatic rings. The molecule has 162 valence electrons. The van der Waals surface area contributed by atoms with E-state index in [-0.39, 0.29) is 0 Å². The number of piperidine rings is 1. The Balaban J connectivity index is 1.76. The first kappa shape index (κ1) is 23.4. The second-order valence-electron chi connectivity index (χ2n) is 9.33. The maximum Gasteiger partial charge on any atom is 0.0543 e. The monoisotopic (exact) mass is 389 g/mol. The van der Waals surface area contributed by atoms with Crippen LogP contribution in [0.4, 0.5) is 0 Å². The van der Waals surface area contributed by atoms with Gasteiger partial charge in [-0.25, -0.2) is 0 Å². The number of hydrogen-bond donors (Lipinski definition) is 0. The Bertz CT molecular complexity index is 502. The molecule has 1 aromatic rings. The average molecular weight is 390 g/mol. The first-order valence-corrected chi connectivity index (χ1v) is 12.4. The van der Waals surface area contributed by atoms with E-state index < -0.39 is 0 Å². The van der Waals surface area contributed by atoms with Crippen LogP contribution in [0.2, 0.25) is 0 Å². The highest BCUT2D eigenvalue weighted by Gasteiger charge is 2.23. The first-order valence-electron chi connectivity index (χ1n) is 12.4. The lowest BCUT2D eigenvalue weighted by molar-refractivity contribution is 0.150. The highest BCUT2D eigenvalue weighted by molar-refractivity contribution is 5.10. The Morgan fingerprint density at radius 2 is 1.68 bits per heavy atom. The quantitative estimate of drug-likeness (QED) is 0.314. The van der Waals surface area contributed by atoms with Gasteiger partial charge < -0.3 is 4.90 Å². The molecule has 0 N–H and O–H groups in total. The number of hydrogen-bond acceptors (Lipinski definition) is 2. The van der Waals surface area contributed by atoms with E-state index in [0.29, 0.717) is 12.0 Å². The Morgan fingerprint density at radius 3 is 2.36 bits per heavy atom. The van der Waals surface area contributed by atoms with Crippen molar-refractivity contribution in [3.8, 4) is 0 Å². The maximum atomic E-state index is 4.74. The third kappa shape index (κ3) is 7.89. The summed E-state index contributed by atoms with van der Waals surface area (Å²) in [5, 5.41) is 4.74. The molecular weight excluding hydrogens is 342 g/mol. The number of likely N-dealkylation sites (tertiary alicyclic amines) is 1. The molecule has 0 aliphatic carbocycles. The van der Waals surface area contributed by atoms with E-state index >= 15 is 0 Å². The molecule has 2 unspecified atom stereocenters. The predicted octanol–water partition coefficient (Wildman–Crippen LogP) is 7.20. The number of nitrogens with zero attached hydrogens (tertiary/aromatic N) is 3. The average Bonchev–Trinajstić information content (AvgIpc) is 3.20. The van der Waals surface area contributed by atoms with Gasteiger partial charge in [-0.2, -0.15) is 5.10 Å². The summed E-state index contributed by atoms with van der Waals surface area (Å²) in [4.78, 5) is 2.74. The fourth-order valence-corrected chi connectivity index (χ4v) is 4.81. The Kier molecular flexibility index (Phi) is 11.2. The third-order valence-corrected chi connectivity index (χ3v) is 6.79. The van der Waals surface area contributed by atoms with Crippen molar-refractivity contribution < 1.29 is 0 Å². The molecule has 1 fully saturated rings. The Morgan fingerprint density at radius 1 is 0.929 bits per heavy atom. The zero-order valence-corrected chi connectivity index (χ0v) is 19.3. The minimum Gasteiger partial charge on any atom is -0.303 e. The summed E-state index contributed by atoms with van der Waals surface area (Å²) >= 11 is 0. The van der Waals surface area contributed by atoms with Gasteiger partial charge in [-0.05, 0) is 49.5 Å². The molecule has 28 heavy (non-hydrogen) atoms. The van der Waals surface area contributed by atoms with Crippen molar-refractivity contribution in [2.45, 2.75) is 117 Å². The van der Waals surface area contributed by atoms with Gasteiger partial charge in [0, 0.05) is 25.8 Å². The minimum absolute atomic E-state index is 0.609. The standard InChI is InChI=1S/C25H47N3/c1-5-8-10-11-14-23(12-7-3)20-27-17-15-25(16-18-27)28-21-24(19-26-28)22(4)13-9-6-2/h19,21-23,25H,5-18,20H2,1-4H3. The van der Waals surface area contributed by atoms with E-state index in [1.165, 1.54) is 102 Å². The fourth-order valence-electron chi connectivity index (χ4n) is 4.81. The maximum absolute atomic E-state index is 4.74. The molecule has 2 atom stereocenters. The van der Waals surface area contributed by atoms with Gasteiger partial charge in [0.25, 0.3) is 0 Å². The molecule has 1 aliphatic heterocycles. The lowest BCUT2D eigenvalue weighted by Crippen LogP contribution is -2.38.